The van der Waals surface area contributed by atoms with Gasteiger partial charge >= 0.3 is 5.97 Å². The van der Waals surface area contributed by atoms with Crippen molar-refractivity contribution in [1.29, 1.82) is 0 Å². The first-order chi connectivity index (χ1) is 13.5. The lowest BCUT2D eigenvalue weighted by molar-refractivity contribution is -0.132. The van der Waals surface area contributed by atoms with E-state index in [1.165, 1.54) is 11.3 Å². The molecule has 148 valence electrons. The lowest BCUT2D eigenvalue weighted by atomic mass is 9.96. The summed E-state index contributed by atoms with van der Waals surface area (Å²) in [4.78, 5) is 39.2. The van der Waals surface area contributed by atoms with Gasteiger partial charge in [-0.15, -0.1) is 11.3 Å². The number of ether oxygens (including phenoxy) is 1. The lowest BCUT2D eigenvalue weighted by Gasteiger charge is -2.30. The normalized spacial score (nSPS) is 14.6. The van der Waals surface area contributed by atoms with Gasteiger partial charge < -0.3 is 15.0 Å². The van der Waals surface area contributed by atoms with Crippen LogP contribution in [-0.2, 0) is 14.3 Å². The zero-order chi connectivity index (χ0) is 20.1. The maximum atomic E-state index is 12.8. The SMILES string of the molecule is CCOC(=O)c1cc(-c2ccccc2)sc1NC(=O)C1CCN(C(C)=O)CC1. The largest absolute Gasteiger partial charge is 0.462 e. The minimum atomic E-state index is -0.442. The number of piperidine rings is 1. The molecule has 1 aromatic carbocycles. The molecule has 0 radical (unpaired) electrons. The van der Waals surface area contributed by atoms with E-state index in [1.54, 1.807) is 24.8 Å². The minimum absolute atomic E-state index is 0.0363. The zero-order valence-electron chi connectivity index (χ0n) is 16.1. The molecule has 1 aliphatic rings. The quantitative estimate of drug-likeness (QED) is 0.775. The summed E-state index contributed by atoms with van der Waals surface area (Å²) in [5.74, 6) is -0.694. The van der Waals surface area contributed by atoms with Crippen molar-refractivity contribution in [3.05, 3.63) is 42.0 Å². The van der Waals surface area contributed by atoms with Gasteiger partial charge in [-0.1, -0.05) is 30.3 Å². The number of nitrogens with one attached hydrogen (secondary N) is 1. The first-order valence-corrected chi connectivity index (χ1v) is 10.2. The molecule has 0 saturated carbocycles. The number of likely N-dealkylation sites (tertiary alicyclic amines) is 1. The number of nitrogens with zero attached hydrogens (tertiary/aromatic N) is 1. The van der Waals surface area contributed by atoms with Gasteiger partial charge in [-0.3, -0.25) is 9.59 Å². The maximum Gasteiger partial charge on any atom is 0.341 e. The van der Waals surface area contributed by atoms with Crippen molar-refractivity contribution in [2.45, 2.75) is 26.7 Å². The molecule has 0 unspecified atom stereocenters. The maximum absolute atomic E-state index is 12.8. The number of carbonyl (C=O) groups is 3. The molecule has 3 rings (SSSR count). The monoisotopic (exact) mass is 400 g/mol. The highest BCUT2D eigenvalue weighted by molar-refractivity contribution is 7.20. The molecular weight excluding hydrogens is 376 g/mol. The van der Waals surface area contributed by atoms with Crippen LogP contribution in [0.5, 0.6) is 0 Å². The molecule has 1 N–H and O–H groups in total. The standard InChI is InChI=1S/C21H24N2O4S/c1-3-27-21(26)17-13-18(15-7-5-4-6-8-15)28-20(17)22-19(25)16-9-11-23(12-10-16)14(2)24/h4-8,13,16H,3,9-12H2,1-2H3,(H,22,25). The molecule has 6 nitrogen and oxygen atoms in total. The van der Waals surface area contributed by atoms with Crippen LogP contribution in [0.4, 0.5) is 5.00 Å². The highest BCUT2D eigenvalue weighted by Crippen LogP contribution is 2.36. The topological polar surface area (TPSA) is 75.7 Å². The van der Waals surface area contributed by atoms with E-state index >= 15 is 0 Å². The number of carbonyl (C=O) groups excluding carboxylic acids is 3. The van der Waals surface area contributed by atoms with Gasteiger partial charge in [0.1, 0.15) is 5.00 Å². The van der Waals surface area contributed by atoms with Gasteiger partial charge in [0.15, 0.2) is 0 Å². The summed E-state index contributed by atoms with van der Waals surface area (Å²) >= 11 is 1.37. The van der Waals surface area contributed by atoms with Gasteiger partial charge in [-0.25, -0.2) is 4.79 Å². The number of rotatable bonds is 5. The summed E-state index contributed by atoms with van der Waals surface area (Å²) in [5, 5.41) is 3.44. The van der Waals surface area contributed by atoms with Gasteiger partial charge in [-0.05, 0) is 31.4 Å². The Bertz CT molecular complexity index is 855. The predicted octanol–water partition coefficient (Wildman–Crippen LogP) is 3.79. The molecule has 7 heteroatoms. The molecule has 28 heavy (non-hydrogen) atoms. The van der Waals surface area contributed by atoms with Crippen LogP contribution in [0.2, 0.25) is 0 Å². The van der Waals surface area contributed by atoms with E-state index in [9.17, 15) is 14.4 Å². The highest BCUT2D eigenvalue weighted by Gasteiger charge is 2.28. The Labute approximate surface area is 168 Å². The van der Waals surface area contributed by atoms with Crippen molar-refractivity contribution in [3.8, 4) is 10.4 Å². The van der Waals surface area contributed by atoms with Crippen LogP contribution in [-0.4, -0.2) is 42.4 Å². The number of hydrogen-bond acceptors (Lipinski definition) is 5. The fraction of sp³-hybridized carbons (Fsp3) is 0.381. The molecule has 0 spiro atoms. The van der Waals surface area contributed by atoms with Crippen LogP contribution < -0.4 is 5.32 Å². The predicted molar refractivity (Wildman–Crippen MR) is 109 cm³/mol. The molecule has 0 bridgehead atoms. The van der Waals surface area contributed by atoms with Crippen LogP contribution in [0.3, 0.4) is 0 Å². The third-order valence-corrected chi connectivity index (χ3v) is 5.93. The van der Waals surface area contributed by atoms with Gasteiger partial charge in [0.05, 0.1) is 12.2 Å². The number of benzene rings is 1. The van der Waals surface area contributed by atoms with Crippen molar-refractivity contribution in [2.75, 3.05) is 25.0 Å². The van der Waals surface area contributed by atoms with E-state index in [1.807, 2.05) is 30.3 Å². The Hall–Kier alpha value is -2.67. The molecule has 2 amide bonds. The Morgan fingerprint density at radius 3 is 2.46 bits per heavy atom. The summed E-state index contributed by atoms with van der Waals surface area (Å²) in [7, 11) is 0. The summed E-state index contributed by atoms with van der Waals surface area (Å²) in [6, 6.07) is 11.5. The molecule has 1 aromatic heterocycles. The third kappa shape index (κ3) is 4.59. The number of hydrogen-bond donors (Lipinski definition) is 1. The number of thiophene rings is 1. The smallest absolute Gasteiger partial charge is 0.341 e. The first-order valence-electron chi connectivity index (χ1n) is 9.42. The van der Waals surface area contributed by atoms with E-state index in [0.717, 1.165) is 10.4 Å². The van der Waals surface area contributed by atoms with Gasteiger partial charge in [-0.2, -0.15) is 0 Å². The Kier molecular flexibility index (Phi) is 6.46. The van der Waals surface area contributed by atoms with E-state index in [4.69, 9.17) is 4.74 Å². The zero-order valence-corrected chi connectivity index (χ0v) is 16.9. The molecule has 2 heterocycles. The molecule has 0 atom stereocenters. The minimum Gasteiger partial charge on any atom is -0.462 e. The average molecular weight is 401 g/mol. The second-order valence-electron chi connectivity index (χ2n) is 6.71. The summed E-state index contributed by atoms with van der Waals surface area (Å²) < 4.78 is 5.16. The van der Waals surface area contributed by atoms with Crippen molar-refractivity contribution in [2.24, 2.45) is 5.92 Å². The van der Waals surface area contributed by atoms with Crippen LogP contribution in [0.1, 0.15) is 37.0 Å². The molecule has 0 aliphatic carbocycles. The lowest BCUT2D eigenvalue weighted by Crippen LogP contribution is -2.40. The second kappa shape index (κ2) is 9.01. The highest BCUT2D eigenvalue weighted by atomic mass is 32.1. The van der Waals surface area contributed by atoms with Gasteiger partial charge in [0.2, 0.25) is 11.8 Å². The van der Waals surface area contributed by atoms with E-state index in [-0.39, 0.29) is 24.3 Å². The molecule has 1 saturated heterocycles. The van der Waals surface area contributed by atoms with Crippen LogP contribution in [0.25, 0.3) is 10.4 Å². The average Bonchev–Trinajstić information content (AvgIpc) is 3.13. The Morgan fingerprint density at radius 2 is 1.86 bits per heavy atom. The molecular formula is C21H24N2O4S. The summed E-state index contributed by atoms with van der Waals surface area (Å²) in [6.07, 6.45) is 1.24. The number of anilines is 1. The van der Waals surface area contributed by atoms with Gasteiger partial charge in [0, 0.05) is 30.8 Å². The van der Waals surface area contributed by atoms with Crippen LogP contribution in [0.15, 0.2) is 36.4 Å². The van der Waals surface area contributed by atoms with Crippen LogP contribution in [0, 0.1) is 5.92 Å². The van der Waals surface area contributed by atoms with E-state index in [2.05, 4.69) is 5.32 Å². The summed E-state index contributed by atoms with van der Waals surface area (Å²) in [5.41, 5.74) is 1.36. The van der Waals surface area contributed by atoms with Crippen molar-refractivity contribution in [1.82, 2.24) is 4.90 Å². The fourth-order valence-corrected chi connectivity index (χ4v) is 4.31. The first kappa shape index (κ1) is 20.1. The summed E-state index contributed by atoms with van der Waals surface area (Å²) in [6.45, 7) is 4.73. The molecule has 2 aromatic rings. The van der Waals surface area contributed by atoms with Crippen LogP contribution >= 0.6 is 11.3 Å². The fourth-order valence-electron chi connectivity index (χ4n) is 3.26. The number of amides is 2. The molecule has 1 fully saturated rings. The number of esters is 1. The Morgan fingerprint density at radius 1 is 1.18 bits per heavy atom. The van der Waals surface area contributed by atoms with Crippen molar-refractivity contribution >= 4 is 34.1 Å². The second-order valence-corrected chi connectivity index (χ2v) is 7.76. The third-order valence-electron chi connectivity index (χ3n) is 4.83. The van der Waals surface area contributed by atoms with Crippen molar-refractivity contribution in [3.63, 3.8) is 0 Å². The van der Waals surface area contributed by atoms with E-state index < -0.39 is 5.97 Å². The van der Waals surface area contributed by atoms with Crippen molar-refractivity contribution < 1.29 is 19.1 Å². The van der Waals surface area contributed by atoms with E-state index in [0.29, 0.717) is 36.5 Å². The molecule has 1 aliphatic heterocycles. The van der Waals surface area contributed by atoms with Gasteiger partial charge in [0.25, 0.3) is 0 Å². The Balaban J connectivity index is 1.78.